The molecule has 1 N–H and O–H groups in total. The SMILES string of the molecule is Cc1cc(-c2cnc(NCCCN(C)C)nc2-c2ccc(N3CCOCC3)nc2)on1. The fraction of sp³-hybridized carbons (Fsp3) is 0.455. The van der Waals surface area contributed by atoms with Crippen LogP contribution >= 0.6 is 0 Å². The molecule has 9 nitrogen and oxygen atoms in total. The van der Waals surface area contributed by atoms with Gasteiger partial charge in [0.2, 0.25) is 5.95 Å². The van der Waals surface area contributed by atoms with Gasteiger partial charge in [-0.2, -0.15) is 0 Å². The number of nitrogens with one attached hydrogen (secondary N) is 1. The normalized spacial score (nSPS) is 14.3. The van der Waals surface area contributed by atoms with Gasteiger partial charge in [-0.1, -0.05) is 5.16 Å². The molecule has 3 aromatic heterocycles. The van der Waals surface area contributed by atoms with Crippen LogP contribution in [0.1, 0.15) is 12.1 Å². The molecule has 0 unspecified atom stereocenters. The summed E-state index contributed by atoms with van der Waals surface area (Å²) in [5, 5.41) is 7.34. The summed E-state index contributed by atoms with van der Waals surface area (Å²) in [6.07, 6.45) is 4.65. The van der Waals surface area contributed by atoms with E-state index in [0.29, 0.717) is 11.7 Å². The number of aryl methyl sites for hydroxylation is 1. The van der Waals surface area contributed by atoms with Crippen molar-refractivity contribution < 1.29 is 9.26 Å². The summed E-state index contributed by atoms with van der Waals surface area (Å²) >= 11 is 0. The van der Waals surface area contributed by atoms with Gasteiger partial charge < -0.3 is 24.4 Å². The minimum atomic E-state index is 0.589. The van der Waals surface area contributed by atoms with Crippen LogP contribution in [0.5, 0.6) is 0 Å². The molecule has 164 valence electrons. The van der Waals surface area contributed by atoms with E-state index in [4.69, 9.17) is 14.2 Å². The third-order valence-electron chi connectivity index (χ3n) is 5.10. The zero-order chi connectivity index (χ0) is 21.6. The van der Waals surface area contributed by atoms with Crippen molar-refractivity contribution in [3.8, 4) is 22.6 Å². The monoisotopic (exact) mass is 423 g/mol. The van der Waals surface area contributed by atoms with Crippen LogP contribution in [0.15, 0.2) is 35.1 Å². The van der Waals surface area contributed by atoms with E-state index in [0.717, 1.165) is 74.1 Å². The van der Waals surface area contributed by atoms with Gasteiger partial charge in [-0.25, -0.2) is 15.0 Å². The maximum atomic E-state index is 5.50. The molecule has 1 aliphatic heterocycles. The van der Waals surface area contributed by atoms with Crippen molar-refractivity contribution in [1.29, 1.82) is 0 Å². The highest BCUT2D eigenvalue weighted by Gasteiger charge is 2.17. The van der Waals surface area contributed by atoms with Gasteiger partial charge in [-0.05, 0) is 46.1 Å². The number of hydrogen-bond donors (Lipinski definition) is 1. The molecule has 0 spiro atoms. The minimum Gasteiger partial charge on any atom is -0.378 e. The number of pyridine rings is 1. The Hall–Kier alpha value is -3.04. The molecule has 0 aliphatic carbocycles. The fourth-order valence-corrected chi connectivity index (χ4v) is 3.46. The average molecular weight is 424 g/mol. The lowest BCUT2D eigenvalue weighted by molar-refractivity contribution is 0.122. The lowest BCUT2D eigenvalue weighted by atomic mass is 10.1. The van der Waals surface area contributed by atoms with Crippen LogP contribution in [-0.4, -0.2) is 78.5 Å². The third-order valence-corrected chi connectivity index (χ3v) is 5.10. The van der Waals surface area contributed by atoms with Crippen molar-refractivity contribution in [1.82, 2.24) is 25.0 Å². The highest BCUT2D eigenvalue weighted by atomic mass is 16.5. The van der Waals surface area contributed by atoms with Crippen molar-refractivity contribution in [2.24, 2.45) is 0 Å². The van der Waals surface area contributed by atoms with Crippen molar-refractivity contribution in [2.45, 2.75) is 13.3 Å². The van der Waals surface area contributed by atoms with Gasteiger partial charge in [0.05, 0.1) is 30.2 Å². The second kappa shape index (κ2) is 9.84. The first-order chi connectivity index (χ1) is 15.1. The Morgan fingerprint density at radius 2 is 1.97 bits per heavy atom. The fourth-order valence-electron chi connectivity index (χ4n) is 3.46. The van der Waals surface area contributed by atoms with E-state index < -0.39 is 0 Å². The zero-order valence-corrected chi connectivity index (χ0v) is 18.3. The first-order valence-corrected chi connectivity index (χ1v) is 10.6. The Morgan fingerprint density at radius 1 is 1.13 bits per heavy atom. The molecule has 1 saturated heterocycles. The third kappa shape index (κ3) is 5.36. The molecule has 0 saturated carbocycles. The molecule has 0 bridgehead atoms. The lowest BCUT2D eigenvalue weighted by Gasteiger charge is -2.27. The summed E-state index contributed by atoms with van der Waals surface area (Å²) in [5.74, 6) is 2.18. The topological polar surface area (TPSA) is 92.4 Å². The van der Waals surface area contributed by atoms with Gasteiger partial charge in [0.15, 0.2) is 5.76 Å². The van der Waals surface area contributed by atoms with Gasteiger partial charge in [0, 0.05) is 43.7 Å². The maximum Gasteiger partial charge on any atom is 0.223 e. The lowest BCUT2D eigenvalue weighted by Crippen LogP contribution is -2.36. The molecule has 3 aromatic rings. The second-order valence-electron chi connectivity index (χ2n) is 7.88. The van der Waals surface area contributed by atoms with E-state index in [-0.39, 0.29) is 0 Å². The Bertz CT molecular complexity index is 982. The standard InChI is InChI=1S/C22H29N7O2/c1-16-13-19(31-27-16)18-15-25-22(23-7-4-8-28(2)3)26-21(18)17-5-6-20(24-14-17)29-9-11-30-12-10-29/h5-6,13-15H,4,7-12H2,1-3H3,(H,23,25,26). The number of anilines is 2. The van der Waals surface area contributed by atoms with Gasteiger partial charge in [0.1, 0.15) is 5.82 Å². The Morgan fingerprint density at radius 3 is 2.65 bits per heavy atom. The number of aromatic nitrogens is 4. The van der Waals surface area contributed by atoms with E-state index in [2.05, 4.69) is 44.3 Å². The van der Waals surface area contributed by atoms with Crippen LogP contribution in [0.4, 0.5) is 11.8 Å². The zero-order valence-electron chi connectivity index (χ0n) is 18.3. The van der Waals surface area contributed by atoms with Gasteiger partial charge >= 0.3 is 0 Å². The van der Waals surface area contributed by atoms with Crippen molar-refractivity contribution in [3.63, 3.8) is 0 Å². The van der Waals surface area contributed by atoms with E-state index in [1.807, 2.05) is 31.3 Å². The van der Waals surface area contributed by atoms with Crippen LogP contribution in [-0.2, 0) is 4.74 Å². The van der Waals surface area contributed by atoms with E-state index in [1.54, 1.807) is 6.20 Å². The first-order valence-electron chi connectivity index (χ1n) is 10.6. The second-order valence-corrected chi connectivity index (χ2v) is 7.88. The summed E-state index contributed by atoms with van der Waals surface area (Å²) in [7, 11) is 4.13. The predicted molar refractivity (Wildman–Crippen MR) is 120 cm³/mol. The largest absolute Gasteiger partial charge is 0.378 e. The molecule has 1 aliphatic rings. The number of hydrogen-bond acceptors (Lipinski definition) is 9. The number of nitrogens with zero attached hydrogens (tertiary/aromatic N) is 6. The molecule has 0 aromatic carbocycles. The van der Waals surface area contributed by atoms with Crippen LogP contribution in [0.25, 0.3) is 22.6 Å². The smallest absolute Gasteiger partial charge is 0.223 e. The van der Waals surface area contributed by atoms with Crippen LogP contribution in [0.2, 0.25) is 0 Å². The number of ether oxygens (including phenoxy) is 1. The highest BCUT2D eigenvalue weighted by Crippen LogP contribution is 2.31. The molecule has 31 heavy (non-hydrogen) atoms. The molecule has 1 fully saturated rings. The quantitative estimate of drug-likeness (QED) is 0.549. The van der Waals surface area contributed by atoms with Gasteiger partial charge in [0.25, 0.3) is 0 Å². The average Bonchev–Trinajstić information content (AvgIpc) is 3.23. The molecule has 0 amide bonds. The van der Waals surface area contributed by atoms with E-state index in [1.165, 1.54) is 0 Å². The summed E-state index contributed by atoms with van der Waals surface area (Å²) < 4.78 is 10.9. The molecule has 0 radical (unpaired) electrons. The molecule has 0 atom stereocenters. The highest BCUT2D eigenvalue weighted by molar-refractivity contribution is 5.78. The molecule has 9 heteroatoms. The molecule has 4 rings (SSSR count). The van der Waals surface area contributed by atoms with Crippen molar-refractivity contribution in [3.05, 3.63) is 36.3 Å². The Kier molecular flexibility index (Phi) is 6.73. The molecule has 4 heterocycles. The Labute approximate surface area is 182 Å². The molecular formula is C22H29N7O2. The minimum absolute atomic E-state index is 0.589. The number of rotatable bonds is 8. The summed E-state index contributed by atoms with van der Waals surface area (Å²) in [5.41, 5.74) is 3.27. The van der Waals surface area contributed by atoms with Crippen LogP contribution in [0, 0.1) is 6.92 Å². The first kappa shape index (κ1) is 21.2. The summed E-state index contributed by atoms with van der Waals surface area (Å²) in [6, 6.07) is 5.97. The Balaban J connectivity index is 1.60. The van der Waals surface area contributed by atoms with Crippen LogP contribution in [0.3, 0.4) is 0 Å². The van der Waals surface area contributed by atoms with E-state index in [9.17, 15) is 0 Å². The predicted octanol–water partition coefficient (Wildman–Crippen LogP) is 2.70. The van der Waals surface area contributed by atoms with Crippen molar-refractivity contribution in [2.75, 3.05) is 63.7 Å². The maximum absolute atomic E-state index is 5.50. The van der Waals surface area contributed by atoms with E-state index >= 15 is 0 Å². The van der Waals surface area contributed by atoms with Crippen molar-refractivity contribution >= 4 is 11.8 Å². The summed E-state index contributed by atoms with van der Waals surface area (Å²) in [4.78, 5) is 18.3. The molecular weight excluding hydrogens is 394 g/mol. The van der Waals surface area contributed by atoms with Crippen LogP contribution < -0.4 is 10.2 Å². The number of morpholine rings is 1. The van der Waals surface area contributed by atoms with Gasteiger partial charge in [-0.15, -0.1) is 0 Å². The summed E-state index contributed by atoms with van der Waals surface area (Å²) in [6.45, 7) is 6.86. The van der Waals surface area contributed by atoms with Gasteiger partial charge in [-0.3, -0.25) is 0 Å².